The Bertz CT molecular complexity index is 431. The van der Waals surface area contributed by atoms with Crippen LogP contribution in [0.3, 0.4) is 0 Å². The maximum atomic E-state index is 14.2. The summed E-state index contributed by atoms with van der Waals surface area (Å²) in [7, 11) is 1.88. The molecule has 1 aliphatic heterocycles. The predicted octanol–water partition coefficient (Wildman–Crippen LogP) is 3.73. The third-order valence-electron chi connectivity index (χ3n) is 4.27. The van der Waals surface area contributed by atoms with Crippen molar-refractivity contribution in [2.45, 2.75) is 45.7 Å². The monoisotopic (exact) mass is 264 g/mol. The van der Waals surface area contributed by atoms with Gasteiger partial charge >= 0.3 is 0 Å². The number of nitrogens with zero attached hydrogens (tertiary/aromatic N) is 1. The molecule has 0 amide bonds. The zero-order valence-corrected chi connectivity index (χ0v) is 12.4. The maximum Gasteiger partial charge on any atom is 0.130 e. The third-order valence-corrected chi connectivity index (χ3v) is 4.27. The van der Waals surface area contributed by atoms with E-state index in [1.807, 2.05) is 20.0 Å². The van der Waals surface area contributed by atoms with E-state index in [0.29, 0.717) is 12.0 Å². The van der Waals surface area contributed by atoms with Crippen molar-refractivity contribution in [3.05, 3.63) is 29.6 Å². The van der Waals surface area contributed by atoms with Crippen LogP contribution >= 0.6 is 0 Å². The molecule has 0 aromatic heterocycles. The van der Waals surface area contributed by atoms with Gasteiger partial charge in [0.05, 0.1) is 0 Å². The fraction of sp³-hybridized carbons (Fsp3) is 0.625. The minimum Gasteiger partial charge on any atom is -0.368 e. The van der Waals surface area contributed by atoms with Crippen LogP contribution in [0.25, 0.3) is 0 Å². The number of hydrogen-bond donors (Lipinski definition) is 1. The van der Waals surface area contributed by atoms with Crippen LogP contribution in [-0.4, -0.2) is 19.6 Å². The normalized spacial score (nSPS) is 21.2. The molecule has 2 unspecified atom stereocenters. The van der Waals surface area contributed by atoms with Crippen molar-refractivity contribution in [2.24, 2.45) is 5.92 Å². The average Bonchev–Trinajstić information content (AvgIpc) is 2.86. The van der Waals surface area contributed by atoms with Crippen LogP contribution in [0.5, 0.6) is 0 Å². The molecule has 0 saturated carbocycles. The summed E-state index contributed by atoms with van der Waals surface area (Å²) in [5.41, 5.74) is 1.87. The number of hydrogen-bond acceptors (Lipinski definition) is 2. The van der Waals surface area contributed by atoms with Crippen LogP contribution in [0.15, 0.2) is 18.2 Å². The summed E-state index contributed by atoms with van der Waals surface area (Å²) in [6.07, 6.45) is 2.41. The lowest BCUT2D eigenvalue weighted by Crippen LogP contribution is -2.35. The van der Waals surface area contributed by atoms with Gasteiger partial charge in [0.1, 0.15) is 5.82 Å². The van der Waals surface area contributed by atoms with E-state index >= 15 is 0 Å². The molecule has 2 atom stereocenters. The summed E-state index contributed by atoms with van der Waals surface area (Å²) < 4.78 is 14.2. The first-order chi connectivity index (χ1) is 9.06. The van der Waals surface area contributed by atoms with Gasteiger partial charge in [-0.05, 0) is 44.9 Å². The predicted molar refractivity (Wildman–Crippen MR) is 79.1 cm³/mol. The molecule has 1 fully saturated rings. The van der Waals surface area contributed by atoms with E-state index < -0.39 is 0 Å². The molecule has 1 heterocycles. The Morgan fingerprint density at radius 1 is 1.32 bits per heavy atom. The molecule has 0 spiro atoms. The second kappa shape index (κ2) is 5.91. The van der Waals surface area contributed by atoms with Crippen LogP contribution < -0.4 is 10.2 Å². The molecule has 0 radical (unpaired) electrons. The third kappa shape index (κ3) is 2.76. The molecule has 2 nitrogen and oxygen atoms in total. The molecule has 3 heteroatoms. The highest BCUT2D eigenvalue weighted by Crippen LogP contribution is 2.35. The summed E-state index contributed by atoms with van der Waals surface area (Å²) in [5, 5.41) is 3.16. The van der Waals surface area contributed by atoms with Crippen LogP contribution in [-0.2, 0) is 0 Å². The number of halogens is 1. The van der Waals surface area contributed by atoms with Gasteiger partial charge in [0.15, 0.2) is 0 Å². The Balaban J connectivity index is 2.41. The Labute approximate surface area is 116 Å². The molecule has 2 rings (SSSR count). The van der Waals surface area contributed by atoms with Crippen LogP contribution in [0.4, 0.5) is 10.1 Å². The summed E-state index contributed by atoms with van der Waals surface area (Å²) in [5.74, 6) is 0.497. The SMILES string of the molecule is CNC(C)c1c(F)cccc1N1CCCC1C(C)C. The van der Waals surface area contributed by atoms with E-state index in [0.717, 1.165) is 17.8 Å². The second-order valence-corrected chi connectivity index (χ2v) is 5.83. The van der Waals surface area contributed by atoms with E-state index in [2.05, 4.69) is 30.1 Å². The summed E-state index contributed by atoms with van der Waals surface area (Å²) in [6, 6.07) is 6.01. The Hall–Kier alpha value is -1.09. The van der Waals surface area contributed by atoms with Gasteiger partial charge in [-0.3, -0.25) is 0 Å². The first-order valence-corrected chi connectivity index (χ1v) is 7.28. The second-order valence-electron chi connectivity index (χ2n) is 5.83. The van der Waals surface area contributed by atoms with Crippen molar-refractivity contribution >= 4 is 5.69 Å². The lowest BCUT2D eigenvalue weighted by molar-refractivity contribution is 0.487. The Morgan fingerprint density at radius 2 is 2.05 bits per heavy atom. The molecule has 19 heavy (non-hydrogen) atoms. The summed E-state index contributed by atoms with van der Waals surface area (Å²) in [6.45, 7) is 7.56. The summed E-state index contributed by atoms with van der Waals surface area (Å²) >= 11 is 0. The molecule has 1 aromatic carbocycles. The molecule has 1 N–H and O–H groups in total. The molecule has 106 valence electrons. The van der Waals surface area contributed by atoms with Crippen molar-refractivity contribution in [1.29, 1.82) is 0 Å². The molecular weight excluding hydrogens is 239 g/mol. The molecule has 0 bridgehead atoms. The van der Waals surface area contributed by atoms with E-state index in [9.17, 15) is 4.39 Å². The lowest BCUT2D eigenvalue weighted by atomic mass is 9.99. The fourth-order valence-electron chi connectivity index (χ4n) is 3.13. The number of rotatable bonds is 4. The van der Waals surface area contributed by atoms with Gasteiger partial charge in [-0.15, -0.1) is 0 Å². The minimum absolute atomic E-state index is 0.0320. The minimum atomic E-state index is -0.103. The highest BCUT2D eigenvalue weighted by molar-refractivity contribution is 5.57. The van der Waals surface area contributed by atoms with Crippen molar-refractivity contribution in [2.75, 3.05) is 18.5 Å². The number of anilines is 1. The van der Waals surface area contributed by atoms with Crippen LogP contribution in [0.2, 0.25) is 0 Å². The van der Waals surface area contributed by atoms with Gasteiger partial charge in [-0.25, -0.2) is 4.39 Å². The first-order valence-electron chi connectivity index (χ1n) is 7.28. The molecule has 1 saturated heterocycles. The van der Waals surface area contributed by atoms with Crippen molar-refractivity contribution in [3.8, 4) is 0 Å². The quantitative estimate of drug-likeness (QED) is 0.891. The van der Waals surface area contributed by atoms with Gasteiger partial charge in [0, 0.05) is 29.9 Å². The molecule has 1 aliphatic rings. The highest BCUT2D eigenvalue weighted by atomic mass is 19.1. The topological polar surface area (TPSA) is 15.3 Å². The van der Waals surface area contributed by atoms with E-state index in [1.165, 1.54) is 12.8 Å². The van der Waals surface area contributed by atoms with E-state index in [1.54, 1.807) is 6.07 Å². The van der Waals surface area contributed by atoms with Gasteiger partial charge in [0.25, 0.3) is 0 Å². The van der Waals surface area contributed by atoms with Crippen LogP contribution in [0.1, 0.15) is 45.2 Å². The van der Waals surface area contributed by atoms with Crippen LogP contribution in [0, 0.1) is 11.7 Å². The maximum absolute atomic E-state index is 14.2. The van der Waals surface area contributed by atoms with E-state index in [4.69, 9.17) is 0 Å². The van der Waals surface area contributed by atoms with Crippen molar-refractivity contribution in [1.82, 2.24) is 5.32 Å². The number of nitrogens with one attached hydrogen (secondary N) is 1. The van der Waals surface area contributed by atoms with Gasteiger partial charge in [-0.2, -0.15) is 0 Å². The van der Waals surface area contributed by atoms with Gasteiger partial charge < -0.3 is 10.2 Å². The zero-order valence-electron chi connectivity index (χ0n) is 12.4. The van der Waals surface area contributed by atoms with Crippen molar-refractivity contribution < 1.29 is 4.39 Å². The largest absolute Gasteiger partial charge is 0.368 e. The Kier molecular flexibility index (Phi) is 4.46. The highest BCUT2D eigenvalue weighted by Gasteiger charge is 2.30. The summed E-state index contributed by atoms with van der Waals surface area (Å²) in [4.78, 5) is 2.40. The average molecular weight is 264 g/mol. The Morgan fingerprint density at radius 3 is 2.68 bits per heavy atom. The zero-order chi connectivity index (χ0) is 14.0. The van der Waals surface area contributed by atoms with Gasteiger partial charge in [0.2, 0.25) is 0 Å². The van der Waals surface area contributed by atoms with E-state index in [-0.39, 0.29) is 11.9 Å². The van der Waals surface area contributed by atoms with Gasteiger partial charge in [-0.1, -0.05) is 19.9 Å². The smallest absolute Gasteiger partial charge is 0.130 e. The molecule has 1 aromatic rings. The fourth-order valence-corrected chi connectivity index (χ4v) is 3.13. The number of benzene rings is 1. The standard InChI is InChI=1S/C16H25FN2/c1-11(2)14-9-6-10-19(14)15-8-5-7-13(17)16(15)12(3)18-4/h5,7-8,11-12,14,18H,6,9-10H2,1-4H3. The molecular formula is C16H25FN2. The first kappa shape index (κ1) is 14.3. The molecule has 0 aliphatic carbocycles. The van der Waals surface area contributed by atoms with Crippen molar-refractivity contribution in [3.63, 3.8) is 0 Å². The lowest BCUT2D eigenvalue weighted by Gasteiger charge is -2.32.